The van der Waals surface area contributed by atoms with Crippen LogP contribution in [-0.4, -0.2) is 55.7 Å². The van der Waals surface area contributed by atoms with Gasteiger partial charge in [-0.15, -0.1) is 5.10 Å². The van der Waals surface area contributed by atoms with Gasteiger partial charge in [0.15, 0.2) is 0 Å². The van der Waals surface area contributed by atoms with Gasteiger partial charge in [0.2, 0.25) is 5.88 Å². The lowest BCUT2D eigenvalue weighted by molar-refractivity contribution is -0.141. The van der Waals surface area contributed by atoms with E-state index in [1.165, 1.54) is 21.9 Å². The lowest BCUT2D eigenvalue weighted by atomic mass is 9.98. The minimum atomic E-state index is -4.50. The van der Waals surface area contributed by atoms with Crippen molar-refractivity contribution in [1.82, 2.24) is 29.9 Å². The Labute approximate surface area is 194 Å². The second kappa shape index (κ2) is 9.30. The number of ether oxygens (including phenoxy) is 2. The Balaban J connectivity index is 1.27. The van der Waals surface area contributed by atoms with Gasteiger partial charge in [0.05, 0.1) is 17.6 Å². The predicted molar refractivity (Wildman–Crippen MR) is 115 cm³/mol. The third-order valence-corrected chi connectivity index (χ3v) is 6.40. The van der Waals surface area contributed by atoms with Gasteiger partial charge in [-0.25, -0.2) is 14.6 Å². The highest BCUT2D eigenvalue weighted by molar-refractivity contribution is 5.33. The Morgan fingerprint density at radius 3 is 2.68 bits per heavy atom. The van der Waals surface area contributed by atoms with Crippen molar-refractivity contribution in [3.63, 3.8) is 0 Å². The number of hydrogen-bond donors (Lipinski definition) is 0. The molecule has 5 rings (SSSR count). The van der Waals surface area contributed by atoms with Crippen molar-refractivity contribution >= 4 is 0 Å². The van der Waals surface area contributed by atoms with Crippen molar-refractivity contribution in [3.8, 4) is 11.6 Å². The first-order valence-electron chi connectivity index (χ1n) is 11.3. The van der Waals surface area contributed by atoms with Crippen LogP contribution in [0.2, 0.25) is 0 Å². The number of rotatable bonds is 5. The van der Waals surface area contributed by atoms with E-state index in [1.807, 2.05) is 12.3 Å². The monoisotopic (exact) mass is 474 g/mol. The summed E-state index contributed by atoms with van der Waals surface area (Å²) in [5.74, 6) is 0.496. The van der Waals surface area contributed by atoms with Crippen LogP contribution in [0.15, 0.2) is 30.6 Å². The van der Waals surface area contributed by atoms with Crippen LogP contribution >= 0.6 is 0 Å². The van der Waals surface area contributed by atoms with E-state index in [0.717, 1.165) is 57.8 Å². The summed E-state index contributed by atoms with van der Waals surface area (Å²) in [5.41, 5.74) is 3.09. The molecule has 0 amide bonds. The molecule has 2 aliphatic rings. The van der Waals surface area contributed by atoms with E-state index in [1.54, 1.807) is 6.92 Å². The van der Waals surface area contributed by atoms with E-state index in [9.17, 15) is 13.2 Å². The molecule has 2 aliphatic heterocycles. The van der Waals surface area contributed by atoms with E-state index in [2.05, 4.69) is 25.2 Å². The van der Waals surface area contributed by atoms with E-state index in [0.29, 0.717) is 29.0 Å². The number of alkyl halides is 3. The molecule has 0 aliphatic carbocycles. The molecule has 1 saturated heterocycles. The number of aromatic nitrogens is 5. The summed E-state index contributed by atoms with van der Waals surface area (Å²) in [6.07, 6.45) is 1.57. The third kappa shape index (κ3) is 4.76. The minimum Gasteiger partial charge on any atom is -0.471 e. The molecule has 0 bridgehead atoms. The highest BCUT2D eigenvalue weighted by Gasteiger charge is 2.32. The predicted octanol–water partition coefficient (Wildman–Crippen LogP) is 3.50. The maximum absolute atomic E-state index is 12.8. The molecular formula is C23H25F3N6O2. The summed E-state index contributed by atoms with van der Waals surface area (Å²) in [5, 5.41) is 8.09. The average Bonchev–Trinajstić information content (AvgIpc) is 3.22. The molecule has 0 atom stereocenters. The summed E-state index contributed by atoms with van der Waals surface area (Å²) in [6, 6.07) is 4.77. The van der Waals surface area contributed by atoms with Gasteiger partial charge in [0.1, 0.15) is 18.0 Å². The standard InChI is InChI=1S/C23H25F3N6O2/c1-15-20(32(30-29-15)19-2-3-21(27-12-19)23(24,25)26)14-34-22-10-16-4-7-31(13-17(16)11-28-22)18-5-8-33-9-6-18/h2-3,10-12,18H,4-9,13-14H2,1H3. The normalized spacial score (nSPS) is 17.5. The van der Waals surface area contributed by atoms with Gasteiger partial charge in [-0.1, -0.05) is 5.21 Å². The Bertz CT molecular complexity index is 1140. The van der Waals surface area contributed by atoms with E-state index >= 15 is 0 Å². The summed E-state index contributed by atoms with van der Waals surface area (Å²) >= 11 is 0. The molecule has 1 fully saturated rings. The summed E-state index contributed by atoms with van der Waals surface area (Å²) < 4.78 is 51.3. The lowest BCUT2D eigenvalue weighted by Gasteiger charge is -2.37. The van der Waals surface area contributed by atoms with Crippen molar-refractivity contribution in [2.75, 3.05) is 19.8 Å². The van der Waals surface area contributed by atoms with Crippen molar-refractivity contribution in [3.05, 3.63) is 58.8 Å². The van der Waals surface area contributed by atoms with Gasteiger partial charge in [0.25, 0.3) is 0 Å². The van der Waals surface area contributed by atoms with Crippen LogP contribution in [0.1, 0.15) is 41.1 Å². The zero-order valence-electron chi connectivity index (χ0n) is 18.8. The van der Waals surface area contributed by atoms with Crippen LogP contribution in [0.5, 0.6) is 5.88 Å². The molecule has 180 valence electrons. The van der Waals surface area contributed by atoms with Crippen molar-refractivity contribution in [1.29, 1.82) is 0 Å². The first-order valence-corrected chi connectivity index (χ1v) is 11.3. The summed E-state index contributed by atoms with van der Waals surface area (Å²) in [7, 11) is 0. The van der Waals surface area contributed by atoms with Crippen LogP contribution in [0, 0.1) is 6.92 Å². The Morgan fingerprint density at radius 2 is 1.94 bits per heavy atom. The molecule has 0 unspecified atom stereocenters. The smallest absolute Gasteiger partial charge is 0.433 e. The second-order valence-electron chi connectivity index (χ2n) is 8.58. The molecule has 0 spiro atoms. The molecule has 11 heteroatoms. The second-order valence-corrected chi connectivity index (χ2v) is 8.58. The van der Waals surface area contributed by atoms with Gasteiger partial charge < -0.3 is 9.47 Å². The SMILES string of the molecule is Cc1nnn(-c2ccc(C(F)(F)F)nc2)c1COc1cc2c(cn1)CN(C1CCOCC1)CC2. The first-order chi connectivity index (χ1) is 16.4. The quantitative estimate of drug-likeness (QED) is 0.560. The summed E-state index contributed by atoms with van der Waals surface area (Å²) in [6.45, 7) is 5.42. The number of aryl methyl sites for hydroxylation is 1. The average molecular weight is 474 g/mol. The molecule has 0 radical (unpaired) electrons. The molecular weight excluding hydrogens is 449 g/mol. The van der Waals surface area contributed by atoms with Gasteiger partial charge in [0, 0.05) is 44.6 Å². The number of pyridine rings is 2. The van der Waals surface area contributed by atoms with Gasteiger partial charge in [-0.05, 0) is 49.4 Å². The zero-order valence-corrected chi connectivity index (χ0v) is 18.8. The van der Waals surface area contributed by atoms with E-state index in [-0.39, 0.29) is 6.61 Å². The Kier molecular flexibility index (Phi) is 6.22. The zero-order chi connectivity index (χ0) is 23.7. The van der Waals surface area contributed by atoms with Crippen LogP contribution in [0.3, 0.4) is 0 Å². The topological polar surface area (TPSA) is 78.2 Å². The fourth-order valence-corrected chi connectivity index (χ4v) is 4.45. The molecule has 3 aromatic heterocycles. The van der Waals surface area contributed by atoms with Gasteiger partial charge in [-0.3, -0.25) is 4.90 Å². The van der Waals surface area contributed by atoms with Gasteiger partial charge in [-0.2, -0.15) is 13.2 Å². The number of halogens is 3. The molecule has 34 heavy (non-hydrogen) atoms. The van der Waals surface area contributed by atoms with Crippen molar-refractivity contribution < 1.29 is 22.6 Å². The molecule has 0 saturated carbocycles. The maximum atomic E-state index is 12.8. The Morgan fingerprint density at radius 1 is 1.12 bits per heavy atom. The fourth-order valence-electron chi connectivity index (χ4n) is 4.45. The third-order valence-electron chi connectivity index (χ3n) is 6.40. The van der Waals surface area contributed by atoms with E-state index in [4.69, 9.17) is 9.47 Å². The molecule has 8 nitrogen and oxygen atoms in total. The fraction of sp³-hybridized carbons (Fsp3) is 0.478. The Hall–Kier alpha value is -3.05. The molecule has 0 aromatic carbocycles. The lowest BCUT2D eigenvalue weighted by Crippen LogP contribution is -2.42. The molecule has 0 N–H and O–H groups in total. The highest BCUT2D eigenvalue weighted by Crippen LogP contribution is 2.28. The maximum Gasteiger partial charge on any atom is 0.433 e. The van der Waals surface area contributed by atoms with Crippen molar-refractivity contribution in [2.45, 2.75) is 51.6 Å². The first kappa shape index (κ1) is 22.7. The van der Waals surface area contributed by atoms with Crippen LogP contribution in [0.25, 0.3) is 5.69 Å². The number of hydrogen-bond acceptors (Lipinski definition) is 7. The van der Waals surface area contributed by atoms with E-state index < -0.39 is 11.9 Å². The van der Waals surface area contributed by atoms with Crippen molar-refractivity contribution in [2.24, 2.45) is 0 Å². The van der Waals surface area contributed by atoms with Crippen LogP contribution in [-0.2, 0) is 30.5 Å². The largest absolute Gasteiger partial charge is 0.471 e. The minimum absolute atomic E-state index is 0.125. The van der Waals surface area contributed by atoms with Crippen LogP contribution < -0.4 is 4.74 Å². The summed E-state index contributed by atoms with van der Waals surface area (Å²) in [4.78, 5) is 10.5. The number of nitrogens with zero attached hydrogens (tertiary/aromatic N) is 6. The van der Waals surface area contributed by atoms with Gasteiger partial charge >= 0.3 is 6.18 Å². The molecule has 3 aromatic rings. The molecule has 5 heterocycles. The number of fused-ring (bicyclic) bond motifs is 1. The highest BCUT2D eigenvalue weighted by atomic mass is 19.4. The van der Waals surface area contributed by atoms with Crippen LogP contribution in [0.4, 0.5) is 13.2 Å².